The molecule has 2 fully saturated rings. The van der Waals surface area contributed by atoms with Crippen molar-refractivity contribution in [2.75, 3.05) is 39.8 Å². The zero-order chi connectivity index (χ0) is 30.7. The molecule has 43 heavy (non-hydrogen) atoms. The average molecular weight is 622 g/mol. The number of carbonyl (C=O) groups is 1. The van der Waals surface area contributed by atoms with Gasteiger partial charge in [-0.05, 0) is 36.5 Å². The number of dihydropyridines is 1. The van der Waals surface area contributed by atoms with Crippen LogP contribution in [0.5, 0.6) is 0 Å². The third-order valence-corrected chi connectivity index (χ3v) is 7.76. The van der Waals surface area contributed by atoms with Gasteiger partial charge in [-0.25, -0.2) is 14.2 Å². The summed E-state index contributed by atoms with van der Waals surface area (Å²) >= 11 is 1.34. The minimum Gasteiger partial charge on any atom is -0.495 e. The van der Waals surface area contributed by atoms with Crippen molar-refractivity contribution in [2.45, 2.75) is 70.4 Å². The minimum atomic E-state index is -2.67. The van der Waals surface area contributed by atoms with Crippen LogP contribution < -0.4 is 21.9 Å². The lowest BCUT2D eigenvalue weighted by molar-refractivity contribution is -0.117. The second-order valence-electron chi connectivity index (χ2n) is 9.92. The third-order valence-electron chi connectivity index (χ3n) is 6.86. The van der Waals surface area contributed by atoms with Crippen LogP contribution in [-0.2, 0) is 14.3 Å². The SMILES string of the molecule is C.CC.COC1=CNC(C(F)F)C=C1C1=C(C(=O)NCSC(C#CC2CC2)NN)CN(C)C(C#CC2(O)CCOCC2)=C1. The van der Waals surface area contributed by atoms with Crippen molar-refractivity contribution in [3.05, 3.63) is 46.5 Å². The van der Waals surface area contributed by atoms with Crippen molar-refractivity contribution >= 4 is 17.7 Å². The molecular formula is C31H45F2N5O4S. The first kappa shape index (κ1) is 36.2. The van der Waals surface area contributed by atoms with E-state index in [1.165, 1.54) is 31.1 Å². The minimum absolute atomic E-state index is 0. The van der Waals surface area contributed by atoms with E-state index in [0.717, 1.165) is 12.8 Å². The van der Waals surface area contributed by atoms with E-state index < -0.39 is 18.1 Å². The lowest BCUT2D eigenvalue weighted by atomic mass is 9.90. The molecule has 3 heterocycles. The summed E-state index contributed by atoms with van der Waals surface area (Å²) < 4.78 is 38.1. The summed E-state index contributed by atoms with van der Waals surface area (Å²) in [5.74, 6) is 18.4. The summed E-state index contributed by atoms with van der Waals surface area (Å²) in [6, 6.07) is -1.26. The lowest BCUT2D eigenvalue weighted by Gasteiger charge is -2.31. The van der Waals surface area contributed by atoms with Gasteiger partial charge in [-0.3, -0.25) is 10.6 Å². The first-order valence-electron chi connectivity index (χ1n) is 14.1. The number of methoxy groups -OCH3 is 1. The van der Waals surface area contributed by atoms with Gasteiger partial charge in [0.15, 0.2) is 0 Å². The second kappa shape index (κ2) is 17.3. The Bertz CT molecular complexity index is 1220. The number of allylic oxidation sites excluding steroid dienone is 3. The van der Waals surface area contributed by atoms with Crippen LogP contribution >= 0.6 is 11.8 Å². The van der Waals surface area contributed by atoms with Crippen molar-refractivity contribution < 1.29 is 28.2 Å². The fraction of sp³-hybridized carbons (Fsp3) is 0.581. The number of halogens is 2. The zero-order valence-corrected chi connectivity index (χ0v) is 25.4. The van der Waals surface area contributed by atoms with Gasteiger partial charge in [-0.15, -0.1) is 11.8 Å². The number of amides is 1. The fourth-order valence-electron chi connectivity index (χ4n) is 4.27. The molecule has 1 aliphatic carbocycles. The van der Waals surface area contributed by atoms with Gasteiger partial charge in [0.25, 0.3) is 6.43 Å². The number of hydrazine groups is 1. The number of ether oxygens (including phenoxy) is 2. The molecule has 4 aliphatic rings. The average Bonchev–Trinajstić information content (AvgIpc) is 3.83. The molecule has 12 heteroatoms. The number of carbonyl (C=O) groups excluding carboxylic acids is 1. The monoisotopic (exact) mass is 621 g/mol. The number of thioether (sulfide) groups is 1. The van der Waals surface area contributed by atoms with E-state index in [1.807, 2.05) is 13.8 Å². The summed E-state index contributed by atoms with van der Waals surface area (Å²) in [4.78, 5) is 15.2. The summed E-state index contributed by atoms with van der Waals surface area (Å²) in [6.07, 6.45) is 4.72. The highest BCUT2D eigenvalue weighted by atomic mass is 32.2. The molecule has 0 spiro atoms. The molecule has 0 aromatic heterocycles. The fourth-order valence-corrected chi connectivity index (χ4v) is 4.90. The Morgan fingerprint density at radius 1 is 1.35 bits per heavy atom. The number of nitrogens with two attached hydrogens (primary N) is 1. The van der Waals surface area contributed by atoms with Crippen molar-refractivity contribution in [3.63, 3.8) is 0 Å². The molecule has 2 unspecified atom stereocenters. The van der Waals surface area contributed by atoms with E-state index in [2.05, 4.69) is 39.7 Å². The Kier molecular flexibility index (Phi) is 14.6. The van der Waals surface area contributed by atoms with E-state index in [-0.39, 0.29) is 31.1 Å². The van der Waals surface area contributed by atoms with Crippen LogP contribution in [-0.4, -0.2) is 79.1 Å². The van der Waals surface area contributed by atoms with Crippen molar-refractivity contribution in [2.24, 2.45) is 11.8 Å². The molecule has 9 nitrogen and oxygen atoms in total. The molecule has 0 aromatic carbocycles. The van der Waals surface area contributed by atoms with Crippen LogP contribution in [0.1, 0.15) is 47.0 Å². The Labute approximate surface area is 258 Å². The molecule has 4 rings (SSSR count). The van der Waals surface area contributed by atoms with Gasteiger partial charge < -0.3 is 30.1 Å². The Morgan fingerprint density at radius 2 is 2.05 bits per heavy atom. The normalized spacial score (nSPS) is 21.5. The Morgan fingerprint density at radius 3 is 2.65 bits per heavy atom. The topological polar surface area (TPSA) is 121 Å². The molecule has 0 aromatic rings. The smallest absolute Gasteiger partial charge is 0.261 e. The summed E-state index contributed by atoms with van der Waals surface area (Å²) in [5.41, 5.74) is 3.14. The summed E-state index contributed by atoms with van der Waals surface area (Å²) in [7, 11) is 3.21. The Balaban J connectivity index is 0.00000211. The van der Waals surface area contributed by atoms with Crippen LogP contribution in [0.15, 0.2) is 46.5 Å². The molecule has 0 radical (unpaired) electrons. The van der Waals surface area contributed by atoms with Gasteiger partial charge in [0, 0.05) is 49.7 Å². The van der Waals surface area contributed by atoms with Gasteiger partial charge in [-0.1, -0.05) is 39.0 Å². The molecule has 2 atom stereocenters. The predicted molar refractivity (Wildman–Crippen MR) is 167 cm³/mol. The van der Waals surface area contributed by atoms with Gasteiger partial charge in [0.05, 0.1) is 31.9 Å². The highest BCUT2D eigenvalue weighted by molar-refractivity contribution is 8.00. The number of hydrogen-bond acceptors (Lipinski definition) is 9. The van der Waals surface area contributed by atoms with E-state index in [4.69, 9.17) is 15.3 Å². The van der Waals surface area contributed by atoms with Gasteiger partial charge in [0.1, 0.15) is 22.8 Å². The number of nitrogens with one attached hydrogen (secondary N) is 3. The van der Waals surface area contributed by atoms with E-state index in [0.29, 0.717) is 60.1 Å². The van der Waals surface area contributed by atoms with Gasteiger partial charge in [0.2, 0.25) is 5.91 Å². The number of alkyl halides is 2. The second-order valence-corrected chi connectivity index (χ2v) is 11.0. The van der Waals surface area contributed by atoms with Crippen LogP contribution in [0.2, 0.25) is 0 Å². The van der Waals surface area contributed by atoms with Crippen LogP contribution in [0.4, 0.5) is 8.78 Å². The van der Waals surface area contributed by atoms with Crippen molar-refractivity contribution in [1.82, 2.24) is 21.0 Å². The predicted octanol–water partition coefficient (Wildman–Crippen LogP) is 2.98. The molecule has 1 amide bonds. The van der Waals surface area contributed by atoms with E-state index >= 15 is 0 Å². The Hall–Kier alpha value is -3.00. The zero-order valence-electron chi connectivity index (χ0n) is 24.6. The number of rotatable bonds is 8. The van der Waals surface area contributed by atoms with Crippen LogP contribution in [0.25, 0.3) is 0 Å². The van der Waals surface area contributed by atoms with E-state index in [9.17, 15) is 18.7 Å². The first-order chi connectivity index (χ1) is 20.2. The molecule has 238 valence electrons. The maximum atomic E-state index is 13.7. The van der Waals surface area contributed by atoms with Crippen LogP contribution in [0.3, 0.4) is 0 Å². The number of hydrogen-bond donors (Lipinski definition) is 5. The quantitative estimate of drug-likeness (QED) is 0.121. The maximum Gasteiger partial charge on any atom is 0.261 e. The number of nitrogens with zero attached hydrogens (tertiary/aromatic N) is 1. The molecule has 1 saturated heterocycles. The third kappa shape index (κ3) is 10.3. The highest BCUT2D eigenvalue weighted by Crippen LogP contribution is 2.33. The number of likely N-dealkylation sites (N-methyl/N-ethyl adjacent to an activating group) is 1. The molecule has 1 saturated carbocycles. The highest BCUT2D eigenvalue weighted by Gasteiger charge is 2.31. The standard InChI is InChI=1S/C28H35F2N5O4S.C2H6.CH4/c1-35-16-22(27(36)33-17-40-25(34-31)6-5-18-3-4-18)20(21-14-23(26(29)30)32-15-24(21)38-2)13-19(35)7-8-28(37)9-11-39-12-10-28;1-2;/h13-15,18,23,25-26,32,34,37H,3-4,9-12,16-17,31H2,1-2H3,(H,33,36);1-2H3;1H4. The van der Waals surface area contributed by atoms with Crippen molar-refractivity contribution in [3.8, 4) is 23.7 Å². The maximum absolute atomic E-state index is 13.7. The summed E-state index contributed by atoms with van der Waals surface area (Å²) in [6.45, 7) is 4.99. The summed E-state index contributed by atoms with van der Waals surface area (Å²) in [5, 5.41) is 16.0. The molecule has 3 aliphatic heterocycles. The van der Waals surface area contributed by atoms with Crippen LogP contribution in [0, 0.1) is 29.6 Å². The molecular weight excluding hydrogens is 576 g/mol. The largest absolute Gasteiger partial charge is 0.495 e. The van der Waals surface area contributed by atoms with Gasteiger partial charge >= 0.3 is 0 Å². The number of aliphatic hydroxyl groups is 1. The molecule has 6 N–H and O–H groups in total. The van der Waals surface area contributed by atoms with E-state index in [1.54, 1.807) is 18.0 Å². The first-order valence-corrected chi connectivity index (χ1v) is 15.1. The molecule has 0 bridgehead atoms. The van der Waals surface area contributed by atoms with Gasteiger partial charge in [-0.2, -0.15) is 0 Å². The lowest BCUT2D eigenvalue weighted by Crippen LogP contribution is -2.38. The van der Waals surface area contributed by atoms with Crippen molar-refractivity contribution in [1.29, 1.82) is 0 Å².